The number of aromatic nitrogens is 3. The van der Waals surface area contributed by atoms with E-state index in [4.69, 9.17) is 9.47 Å². The zero-order valence-corrected chi connectivity index (χ0v) is 16.8. The van der Waals surface area contributed by atoms with Crippen molar-refractivity contribution in [3.63, 3.8) is 0 Å². The number of carbonyl (C=O) groups is 1. The Balaban J connectivity index is 1.50. The summed E-state index contributed by atoms with van der Waals surface area (Å²) in [5, 5.41) is 7.30. The molecule has 1 aromatic carbocycles. The predicted octanol–water partition coefficient (Wildman–Crippen LogP) is 3.37. The number of hydrogen-bond acceptors (Lipinski definition) is 5. The lowest BCUT2D eigenvalue weighted by atomic mass is 9.95. The molecule has 1 saturated heterocycles. The van der Waals surface area contributed by atoms with Crippen LogP contribution >= 0.6 is 0 Å². The van der Waals surface area contributed by atoms with Gasteiger partial charge in [0.05, 0.1) is 37.6 Å². The fourth-order valence-corrected chi connectivity index (χ4v) is 3.76. The minimum absolute atomic E-state index is 0.109. The van der Waals surface area contributed by atoms with E-state index >= 15 is 0 Å². The number of nitrogens with one attached hydrogen (secondary N) is 1. The van der Waals surface area contributed by atoms with E-state index in [0.717, 1.165) is 11.1 Å². The number of hydrogen-bond donors (Lipinski definition) is 1. The van der Waals surface area contributed by atoms with Crippen LogP contribution in [0.25, 0.3) is 5.69 Å². The molecular formula is C22H23FN4O3. The number of methoxy groups -OCH3 is 1. The summed E-state index contributed by atoms with van der Waals surface area (Å²) in [6, 6.07) is 7.98. The molecule has 1 aliphatic rings. The number of amides is 1. The molecule has 1 N–H and O–H groups in total. The molecule has 3 atom stereocenters. The van der Waals surface area contributed by atoms with Crippen molar-refractivity contribution in [2.24, 2.45) is 5.92 Å². The molecule has 3 aromatic rings. The molecule has 4 rings (SSSR count). The van der Waals surface area contributed by atoms with Crippen molar-refractivity contribution in [1.82, 2.24) is 20.1 Å². The number of rotatable bonds is 6. The van der Waals surface area contributed by atoms with Crippen molar-refractivity contribution < 1.29 is 18.7 Å². The number of ether oxygens (including phenoxy) is 2. The molecule has 0 spiro atoms. The Morgan fingerprint density at radius 1 is 1.33 bits per heavy atom. The first-order chi connectivity index (χ1) is 14.6. The van der Waals surface area contributed by atoms with E-state index in [2.05, 4.69) is 15.4 Å². The normalized spacial score (nSPS) is 19.4. The molecule has 0 saturated carbocycles. The molecule has 1 aliphatic heterocycles. The van der Waals surface area contributed by atoms with E-state index < -0.39 is 6.10 Å². The van der Waals surface area contributed by atoms with E-state index in [1.807, 2.05) is 13.0 Å². The number of pyridine rings is 1. The SMILES string of the molecule is COc1cnccc1C(C)NC(=O)[C@H]1CCO[C@@H]1c1cnn(-c2ccccc2F)c1. The number of para-hydroxylation sites is 1. The standard InChI is InChI=1S/C22H23FN4O3/c1-14(16-7-9-24-12-20(16)29-2)26-22(28)17-8-10-30-21(17)15-11-25-27(13-15)19-6-4-3-5-18(19)23/h3-7,9,11-14,17,21H,8,10H2,1-2H3,(H,26,28)/t14?,17-,21+/m0/s1. The predicted molar refractivity (Wildman–Crippen MR) is 108 cm³/mol. The molecule has 1 unspecified atom stereocenters. The summed E-state index contributed by atoms with van der Waals surface area (Å²) in [7, 11) is 1.57. The van der Waals surface area contributed by atoms with Gasteiger partial charge in [0.2, 0.25) is 5.91 Å². The highest BCUT2D eigenvalue weighted by atomic mass is 19.1. The van der Waals surface area contributed by atoms with Crippen LogP contribution in [0.15, 0.2) is 55.1 Å². The van der Waals surface area contributed by atoms with Gasteiger partial charge < -0.3 is 14.8 Å². The Bertz CT molecular complexity index is 1040. The second kappa shape index (κ2) is 8.62. The second-order valence-electron chi connectivity index (χ2n) is 7.20. The minimum Gasteiger partial charge on any atom is -0.495 e. The lowest BCUT2D eigenvalue weighted by molar-refractivity contribution is -0.127. The molecule has 30 heavy (non-hydrogen) atoms. The summed E-state index contributed by atoms with van der Waals surface area (Å²) in [6.45, 7) is 2.37. The number of nitrogens with zero attached hydrogens (tertiary/aromatic N) is 3. The van der Waals surface area contributed by atoms with Crippen molar-refractivity contribution in [2.45, 2.75) is 25.5 Å². The lowest BCUT2D eigenvalue weighted by Crippen LogP contribution is -2.34. The quantitative estimate of drug-likeness (QED) is 0.674. The van der Waals surface area contributed by atoms with Gasteiger partial charge in [-0.3, -0.25) is 9.78 Å². The largest absolute Gasteiger partial charge is 0.495 e. The van der Waals surface area contributed by atoms with Gasteiger partial charge in [0, 0.05) is 30.1 Å². The number of halogens is 1. The Labute approximate surface area is 173 Å². The summed E-state index contributed by atoms with van der Waals surface area (Å²) >= 11 is 0. The van der Waals surface area contributed by atoms with Crippen molar-refractivity contribution in [3.05, 3.63) is 72.1 Å². The van der Waals surface area contributed by atoms with Crippen molar-refractivity contribution in [3.8, 4) is 11.4 Å². The Kier molecular flexibility index (Phi) is 5.76. The van der Waals surface area contributed by atoms with E-state index in [1.54, 1.807) is 50.1 Å². The average molecular weight is 410 g/mol. The Morgan fingerprint density at radius 3 is 2.97 bits per heavy atom. The molecular weight excluding hydrogens is 387 g/mol. The zero-order valence-electron chi connectivity index (χ0n) is 16.8. The summed E-state index contributed by atoms with van der Waals surface area (Å²) in [6.07, 6.45) is 6.79. The fourth-order valence-electron chi connectivity index (χ4n) is 3.76. The summed E-state index contributed by atoms with van der Waals surface area (Å²) < 4.78 is 26.7. The van der Waals surface area contributed by atoms with Crippen molar-refractivity contribution >= 4 is 5.91 Å². The van der Waals surface area contributed by atoms with Gasteiger partial charge >= 0.3 is 0 Å². The second-order valence-corrected chi connectivity index (χ2v) is 7.20. The minimum atomic E-state index is -0.433. The highest BCUT2D eigenvalue weighted by molar-refractivity contribution is 5.80. The molecule has 1 amide bonds. The number of carbonyl (C=O) groups excluding carboxylic acids is 1. The number of benzene rings is 1. The third-order valence-corrected chi connectivity index (χ3v) is 5.32. The summed E-state index contributed by atoms with van der Waals surface area (Å²) in [5.74, 6) is -0.217. The van der Waals surface area contributed by atoms with Gasteiger partial charge in [-0.05, 0) is 31.5 Å². The van der Waals surface area contributed by atoms with E-state index in [-0.39, 0.29) is 23.7 Å². The monoisotopic (exact) mass is 410 g/mol. The topological polar surface area (TPSA) is 78.3 Å². The zero-order chi connectivity index (χ0) is 21.1. The van der Waals surface area contributed by atoms with Gasteiger partial charge in [-0.2, -0.15) is 5.10 Å². The van der Waals surface area contributed by atoms with Gasteiger partial charge in [-0.25, -0.2) is 9.07 Å². The first-order valence-electron chi connectivity index (χ1n) is 9.78. The molecule has 0 bridgehead atoms. The first kappa shape index (κ1) is 20.0. The third kappa shape index (κ3) is 3.91. The van der Waals surface area contributed by atoms with Crippen LogP contribution in [0.5, 0.6) is 5.75 Å². The van der Waals surface area contributed by atoms with Gasteiger partial charge in [0.1, 0.15) is 17.3 Å². The van der Waals surface area contributed by atoms with Crippen LogP contribution < -0.4 is 10.1 Å². The van der Waals surface area contributed by atoms with Crippen LogP contribution in [-0.4, -0.2) is 34.4 Å². The summed E-state index contributed by atoms with van der Waals surface area (Å²) in [4.78, 5) is 17.1. The smallest absolute Gasteiger partial charge is 0.226 e. The van der Waals surface area contributed by atoms with Gasteiger partial charge in [-0.1, -0.05) is 12.1 Å². The van der Waals surface area contributed by atoms with Gasteiger partial charge in [0.15, 0.2) is 0 Å². The maximum absolute atomic E-state index is 14.1. The molecule has 2 aromatic heterocycles. The van der Waals surface area contributed by atoms with Crippen LogP contribution in [0, 0.1) is 11.7 Å². The van der Waals surface area contributed by atoms with E-state index in [0.29, 0.717) is 24.5 Å². The molecule has 3 heterocycles. The third-order valence-electron chi connectivity index (χ3n) is 5.32. The van der Waals surface area contributed by atoms with Crippen LogP contribution in [0.3, 0.4) is 0 Å². The van der Waals surface area contributed by atoms with Crippen molar-refractivity contribution in [2.75, 3.05) is 13.7 Å². The van der Waals surface area contributed by atoms with Gasteiger partial charge in [0.25, 0.3) is 0 Å². The molecule has 0 radical (unpaired) electrons. The molecule has 7 nitrogen and oxygen atoms in total. The molecule has 1 fully saturated rings. The van der Waals surface area contributed by atoms with Crippen molar-refractivity contribution in [1.29, 1.82) is 0 Å². The lowest BCUT2D eigenvalue weighted by Gasteiger charge is -2.21. The maximum atomic E-state index is 14.1. The summed E-state index contributed by atoms with van der Waals surface area (Å²) in [5.41, 5.74) is 1.94. The average Bonchev–Trinajstić information content (AvgIpc) is 3.43. The van der Waals surface area contributed by atoms with Crippen LogP contribution in [0.1, 0.15) is 36.6 Å². The molecule has 8 heteroatoms. The highest BCUT2D eigenvalue weighted by Gasteiger charge is 2.36. The first-order valence-corrected chi connectivity index (χ1v) is 9.78. The fraction of sp³-hybridized carbons (Fsp3) is 0.318. The van der Waals surface area contributed by atoms with Crippen LogP contribution in [0.2, 0.25) is 0 Å². The van der Waals surface area contributed by atoms with Crippen LogP contribution in [-0.2, 0) is 9.53 Å². The van der Waals surface area contributed by atoms with E-state index in [9.17, 15) is 9.18 Å². The van der Waals surface area contributed by atoms with Crippen LogP contribution in [0.4, 0.5) is 4.39 Å². The maximum Gasteiger partial charge on any atom is 0.226 e. The molecule has 0 aliphatic carbocycles. The molecule has 156 valence electrons. The van der Waals surface area contributed by atoms with E-state index in [1.165, 1.54) is 10.7 Å². The van der Waals surface area contributed by atoms with Gasteiger partial charge in [-0.15, -0.1) is 0 Å². The highest BCUT2D eigenvalue weighted by Crippen LogP contribution is 2.35. The Morgan fingerprint density at radius 2 is 2.17 bits per heavy atom. The Hall–Kier alpha value is -3.26.